The third-order valence-electron chi connectivity index (χ3n) is 2.74. The molecule has 2 heterocycles. The van der Waals surface area contributed by atoms with E-state index in [1.54, 1.807) is 6.20 Å². The Hall–Kier alpha value is -1.89. The van der Waals surface area contributed by atoms with Gasteiger partial charge in [-0.15, -0.1) is 0 Å². The topological polar surface area (TPSA) is 93.4 Å². The van der Waals surface area contributed by atoms with Gasteiger partial charge in [0, 0.05) is 25.4 Å². The number of amides is 1. The molecular weight excluding hydrogens is 238 g/mol. The normalized spacial score (nSPS) is 18.1. The smallest absolute Gasteiger partial charge is 0.303 e. The Morgan fingerprint density at radius 2 is 2.39 bits per heavy atom. The Bertz CT molecular complexity index is 443. The number of ether oxygens (including phenoxy) is 1. The number of rotatable bonds is 5. The molecule has 0 radical (unpaired) electrons. The maximum absolute atomic E-state index is 11.3. The van der Waals surface area contributed by atoms with Gasteiger partial charge in [-0.05, 0) is 0 Å². The molecule has 1 aliphatic rings. The Kier molecular flexibility index (Phi) is 3.93. The Morgan fingerprint density at radius 3 is 3.17 bits per heavy atom. The van der Waals surface area contributed by atoms with Gasteiger partial charge in [0.15, 0.2) is 0 Å². The summed E-state index contributed by atoms with van der Waals surface area (Å²) in [5.41, 5.74) is 0. The summed E-state index contributed by atoms with van der Waals surface area (Å²) in [5.74, 6) is -0.358. The first-order valence-corrected chi connectivity index (χ1v) is 5.75. The van der Waals surface area contributed by atoms with Crippen molar-refractivity contribution in [1.29, 1.82) is 0 Å². The third kappa shape index (κ3) is 3.30. The van der Waals surface area contributed by atoms with Crippen LogP contribution in [0.15, 0.2) is 12.4 Å². The van der Waals surface area contributed by atoms with E-state index in [1.165, 1.54) is 0 Å². The third-order valence-corrected chi connectivity index (χ3v) is 2.74. The summed E-state index contributed by atoms with van der Waals surface area (Å²) in [6.07, 6.45) is 3.34. The van der Waals surface area contributed by atoms with Gasteiger partial charge < -0.3 is 19.7 Å². The minimum atomic E-state index is -0.970. The van der Waals surface area contributed by atoms with Crippen LogP contribution >= 0.6 is 0 Å². The van der Waals surface area contributed by atoms with Crippen LogP contribution < -0.4 is 5.32 Å². The standard InChI is InChI=1S/C11H15N3O4/c15-10(1-2-11(16)17)13-5-8-6-14-4-3-12-9(14)7-18-8/h3-4,8H,1-2,5-7H2,(H,13,15)(H,16,17)/t8-/m0/s1. The molecule has 0 aromatic carbocycles. The fraction of sp³-hybridized carbons (Fsp3) is 0.545. The fourth-order valence-corrected chi connectivity index (χ4v) is 1.77. The minimum Gasteiger partial charge on any atom is -0.481 e. The van der Waals surface area contributed by atoms with Crippen LogP contribution in [0.5, 0.6) is 0 Å². The van der Waals surface area contributed by atoms with E-state index in [0.29, 0.717) is 19.7 Å². The molecule has 0 saturated heterocycles. The number of aromatic nitrogens is 2. The second-order valence-corrected chi connectivity index (χ2v) is 4.13. The predicted octanol–water partition coefficient (Wildman–Crippen LogP) is -0.237. The molecule has 7 nitrogen and oxygen atoms in total. The number of hydrogen-bond donors (Lipinski definition) is 2. The minimum absolute atomic E-state index is 0.00161. The van der Waals surface area contributed by atoms with Crippen LogP contribution in [0.3, 0.4) is 0 Å². The molecule has 1 atom stereocenters. The van der Waals surface area contributed by atoms with Crippen LogP contribution in [0.1, 0.15) is 18.7 Å². The summed E-state index contributed by atoms with van der Waals surface area (Å²) in [6, 6.07) is 0. The first-order chi connectivity index (χ1) is 8.65. The van der Waals surface area contributed by atoms with Crippen LogP contribution in [0.2, 0.25) is 0 Å². The average Bonchev–Trinajstić information content (AvgIpc) is 2.81. The summed E-state index contributed by atoms with van der Waals surface area (Å²) in [4.78, 5) is 25.8. The van der Waals surface area contributed by atoms with Gasteiger partial charge in [0.05, 0.1) is 19.1 Å². The summed E-state index contributed by atoms with van der Waals surface area (Å²) in [6.45, 7) is 1.47. The van der Waals surface area contributed by atoms with Crippen molar-refractivity contribution in [3.8, 4) is 0 Å². The highest BCUT2D eigenvalue weighted by Crippen LogP contribution is 2.11. The SMILES string of the molecule is O=C(O)CCC(=O)NC[C@H]1Cn2ccnc2CO1. The summed E-state index contributed by atoms with van der Waals surface area (Å²) in [5, 5.41) is 11.1. The number of carboxylic acids is 1. The van der Waals surface area contributed by atoms with Crippen molar-refractivity contribution in [2.24, 2.45) is 0 Å². The number of imidazole rings is 1. The lowest BCUT2D eigenvalue weighted by molar-refractivity contribution is -0.138. The van der Waals surface area contributed by atoms with Crippen LogP contribution in [-0.4, -0.2) is 39.2 Å². The quantitative estimate of drug-likeness (QED) is 0.755. The molecule has 1 aromatic heterocycles. The molecule has 0 unspecified atom stereocenters. The molecule has 0 bridgehead atoms. The van der Waals surface area contributed by atoms with Crippen LogP contribution in [0.25, 0.3) is 0 Å². The van der Waals surface area contributed by atoms with E-state index in [2.05, 4.69) is 10.3 Å². The van der Waals surface area contributed by atoms with Gasteiger partial charge in [0.25, 0.3) is 0 Å². The molecule has 1 aromatic rings. The number of carbonyl (C=O) groups excluding carboxylic acids is 1. The molecule has 0 aliphatic carbocycles. The zero-order valence-electron chi connectivity index (χ0n) is 9.83. The van der Waals surface area contributed by atoms with E-state index in [9.17, 15) is 9.59 Å². The van der Waals surface area contributed by atoms with Crippen LogP contribution in [-0.2, 0) is 27.5 Å². The fourth-order valence-electron chi connectivity index (χ4n) is 1.77. The average molecular weight is 253 g/mol. The highest BCUT2D eigenvalue weighted by atomic mass is 16.5. The van der Waals surface area contributed by atoms with Crippen molar-refractivity contribution < 1.29 is 19.4 Å². The van der Waals surface area contributed by atoms with Gasteiger partial charge in [-0.25, -0.2) is 4.98 Å². The number of aliphatic carboxylic acids is 1. The molecule has 1 amide bonds. The second kappa shape index (κ2) is 5.63. The maximum Gasteiger partial charge on any atom is 0.303 e. The summed E-state index contributed by atoms with van der Waals surface area (Å²) >= 11 is 0. The van der Waals surface area contributed by atoms with Crippen molar-refractivity contribution in [2.45, 2.75) is 32.1 Å². The Labute approximate surface area is 104 Å². The number of nitrogens with zero attached hydrogens (tertiary/aromatic N) is 2. The molecule has 0 spiro atoms. The maximum atomic E-state index is 11.3. The van der Waals surface area contributed by atoms with Crippen molar-refractivity contribution in [3.05, 3.63) is 18.2 Å². The van der Waals surface area contributed by atoms with E-state index in [4.69, 9.17) is 9.84 Å². The molecule has 0 saturated carbocycles. The highest BCUT2D eigenvalue weighted by molar-refractivity contribution is 5.80. The van der Waals surface area contributed by atoms with E-state index < -0.39 is 5.97 Å². The highest BCUT2D eigenvalue weighted by Gasteiger charge is 2.19. The van der Waals surface area contributed by atoms with Crippen LogP contribution in [0, 0.1) is 0 Å². The molecule has 7 heteroatoms. The summed E-state index contributed by atoms with van der Waals surface area (Å²) in [7, 11) is 0. The van der Waals surface area contributed by atoms with Gasteiger partial charge in [-0.2, -0.15) is 0 Å². The van der Waals surface area contributed by atoms with Crippen molar-refractivity contribution in [3.63, 3.8) is 0 Å². The van der Waals surface area contributed by atoms with Gasteiger partial charge in [0.2, 0.25) is 5.91 Å². The lowest BCUT2D eigenvalue weighted by atomic mass is 10.2. The van der Waals surface area contributed by atoms with E-state index in [0.717, 1.165) is 5.82 Å². The van der Waals surface area contributed by atoms with Gasteiger partial charge in [-0.1, -0.05) is 0 Å². The van der Waals surface area contributed by atoms with Gasteiger partial charge in [-0.3, -0.25) is 9.59 Å². The van der Waals surface area contributed by atoms with E-state index >= 15 is 0 Å². The number of fused-ring (bicyclic) bond motifs is 1. The van der Waals surface area contributed by atoms with Crippen molar-refractivity contribution in [2.75, 3.05) is 6.54 Å². The zero-order valence-corrected chi connectivity index (χ0v) is 9.83. The second-order valence-electron chi connectivity index (χ2n) is 4.13. The molecule has 98 valence electrons. The Balaban J connectivity index is 1.72. The predicted molar refractivity (Wildman–Crippen MR) is 60.7 cm³/mol. The Morgan fingerprint density at radius 1 is 1.56 bits per heavy atom. The van der Waals surface area contributed by atoms with Crippen molar-refractivity contribution >= 4 is 11.9 Å². The number of carbonyl (C=O) groups is 2. The molecular formula is C11H15N3O4. The number of nitrogens with one attached hydrogen (secondary N) is 1. The van der Waals surface area contributed by atoms with Gasteiger partial charge >= 0.3 is 5.97 Å². The molecule has 2 rings (SSSR count). The monoisotopic (exact) mass is 253 g/mol. The summed E-state index contributed by atoms with van der Waals surface area (Å²) < 4.78 is 7.51. The zero-order chi connectivity index (χ0) is 13.0. The van der Waals surface area contributed by atoms with Crippen LogP contribution in [0.4, 0.5) is 0 Å². The lowest BCUT2D eigenvalue weighted by Crippen LogP contribution is -2.38. The van der Waals surface area contributed by atoms with E-state index in [1.807, 2.05) is 10.8 Å². The number of hydrogen-bond acceptors (Lipinski definition) is 4. The molecule has 1 aliphatic heterocycles. The molecule has 18 heavy (non-hydrogen) atoms. The first kappa shape index (κ1) is 12.6. The molecule has 0 fully saturated rings. The van der Waals surface area contributed by atoms with Crippen molar-refractivity contribution in [1.82, 2.24) is 14.9 Å². The van der Waals surface area contributed by atoms with Gasteiger partial charge in [0.1, 0.15) is 12.4 Å². The first-order valence-electron chi connectivity index (χ1n) is 5.75. The molecule has 2 N–H and O–H groups in total. The van der Waals surface area contributed by atoms with E-state index in [-0.39, 0.29) is 24.9 Å². The largest absolute Gasteiger partial charge is 0.481 e. The lowest BCUT2D eigenvalue weighted by Gasteiger charge is -2.24. The number of carboxylic acid groups (broad SMARTS) is 1.